The summed E-state index contributed by atoms with van der Waals surface area (Å²) in [5, 5.41) is 23.0. The van der Waals surface area contributed by atoms with Crippen molar-refractivity contribution in [1.82, 2.24) is 9.80 Å². The van der Waals surface area contributed by atoms with Gasteiger partial charge >= 0.3 is 0 Å². The smallest absolute Gasteiger partial charge is 0.124 e. The van der Waals surface area contributed by atoms with E-state index in [1.54, 1.807) is 0 Å². The molecule has 6 aromatic rings. The van der Waals surface area contributed by atoms with Gasteiger partial charge < -0.3 is 31.2 Å². The van der Waals surface area contributed by atoms with Crippen LogP contribution in [-0.4, -0.2) is 46.2 Å². The summed E-state index contributed by atoms with van der Waals surface area (Å²) in [4.78, 5) is 4.71. The van der Waals surface area contributed by atoms with Crippen LogP contribution in [0.2, 0.25) is 0 Å². The lowest BCUT2D eigenvalue weighted by atomic mass is 10.0. The second kappa shape index (κ2) is 24.1. The molecule has 6 rings (SSSR count). The first-order valence-electron chi connectivity index (χ1n) is 21.3. The standard InChI is InChI=1S/C52H62N4O4/c53-33-47-31-45(25-27-51(47)59-39-43-21-11-5-12-22-43)49(57)37-55(35-41-17-7-3-8-18-41)29-15-1-2-16-30-56(36-42-19-9-4-10-20-42)38-50(58)46-26-28-52(48(32-46)34-54)60-40-44-23-13-6-14-24-44/h3-14,17-28,31-32,49-50,57-58H,1-2,15-16,29-30,33-40,53-54H2. The summed E-state index contributed by atoms with van der Waals surface area (Å²) in [5.41, 5.74) is 20.4. The van der Waals surface area contributed by atoms with E-state index in [4.69, 9.17) is 20.9 Å². The van der Waals surface area contributed by atoms with Crippen molar-refractivity contribution in [1.29, 1.82) is 0 Å². The van der Waals surface area contributed by atoms with Gasteiger partial charge in [-0.25, -0.2) is 0 Å². The molecule has 0 radical (unpaired) electrons. The van der Waals surface area contributed by atoms with Crippen molar-refractivity contribution >= 4 is 0 Å². The fourth-order valence-corrected chi connectivity index (χ4v) is 7.56. The quantitative estimate of drug-likeness (QED) is 0.0424. The van der Waals surface area contributed by atoms with Crippen LogP contribution in [0.3, 0.4) is 0 Å². The average Bonchev–Trinajstić information content (AvgIpc) is 3.29. The van der Waals surface area contributed by atoms with Crippen molar-refractivity contribution in [2.24, 2.45) is 11.5 Å². The summed E-state index contributed by atoms with van der Waals surface area (Å²) < 4.78 is 12.2. The van der Waals surface area contributed by atoms with Gasteiger partial charge in [-0.05, 0) is 83.6 Å². The third kappa shape index (κ3) is 14.2. The van der Waals surface area contributed by atoms with E-state index in [1.807, 2.05) is 109 Å². The van der Waals surface area contributed by atoms with E-state index in [-0.39, 0.29) is 0 Å². The molecule has 0 aliphatic carbocycles. The van der Waals surface area contributed by atoms with Crippen molar-refractivity contribution in [3.05, 3.63) is 202 Å². The zero-order chi connectivity index (χ0) is 41.8. The Kier molecular flexibility index (Phi) is 17.7. The van der Waals surface area contributed by atoms with Gasteiger partial charge in [0, 0.05) is 50.4 Å². The molecule has 8 heteroatoms. The summed E-state index contributed by atoms with van der Waals surface area (Å²) in [6.07, 6.45) is 2.83. The zero-order valence-electron chi connectivity index (χ0n) is 34.8. The molecular formula is C52H62N4O4. The van der Waals surface area contributed by atoms with Crippen molar-refractivity contribution < 1.29 is 19.7 Å². The van der Waals surface area contributed by atoms with E-state index in [1.165, 1.54) is 11.1 Å². The molecule has 0 saturated carbocycles. The Hall–Kier alpha value is -5.32. The number of ether oxygens (including phenoxy) is 2. The lowest BCUT2D eigenvalue weighted by Crippen LogP contribution is -2.30. The molecule has 0 fully saturated rings. The summed E-state index contributed by atoms with van der Waals surface area (Å²) in [5.74, 6) is 1.49. The molecule has 2 atom stereocenters. The summed E-state index contributed by atoms with van der Waals surface area (Å²) in [6, 6.07) is 52.8. The SMILES string of the molecule is NCc1cc(C(O)CN(CCCCCCN(Cc2ccccc2)CC(O)c2ccc(OCc3ccccc3)c(CN)c2)Cc2ccccc2)ccc1OCc1ccccc1. The van der Waals surface area contributed by atoms with Gasteiger partial charge in [-0.1, -0.05) is 146 Å². The first kappa shape index (κ1) is 44.2. The van der Waals surface area contributed by atoms with Gasteiger partial charge in [0.25, 0.3) is 0 Å². The summed E-state index contributed by atoms with van der Waals surface area (Å²) in [6.45, 7) is 5.86. The number of nitrogens with two attached hydrogens (primary N) is 2. The fourth-order valence-electron chi connectivity index (χ4n) is 7.56. The molecule has 0 aliphatic rings. The highest BCUT2D eigenvalue weighted by Crippen LogP contribution is 2.27. The third-order valence-corrected chi connectivity index (χ3v) is 10.9. The van der Waals surface area contributed by atoms with E-state index >= 15 is 0 Å². The summed E-state index contributed by atoms with van der Waals surface area (Å²) >= 11 is 0. The largest absolute Gasteiger partial charge is 0.489 e. The van der Waals surface area contributed by atoms with Crippen molar-refractivity contribution in [3.8, 4) is 11.5 Å². The summed E-state index contributed by atoms with van der Waals surface area (Å²) in [7, 11) is 0. The maximum Gasteiger partial charge on any atom is 0.124 e. The minimum Gasteiger partial charge on any atom is -0.489 e. The Bertz CT molecular complexity index is 1950. The number of hydrogen-bond acceptors (Lipinski definition) is 8. The molecule has 0 saturated heterocycles. The van der Waals surface area contributed by atoms with Crippen LogP contribution in [0.1, 0.15) is 82.4 Å². The lowest BCUT2D eigenvalue weighted by Gasteiger charge is -2.27. The topological polar surface area (TPSA) is 117 Å². The van der Waals surface area contributed by atoms with Crippen LogP contribution in [0.25, 0.3) is 0 Å². The van der Waals surface area contributed by atoms with E-state index in [0.29, 0.717) is 39.4 Å². The van der Waals surface area contributed by atoms with Crippen molar-refractivity contribution in [2.45, 2.75) is 77.3 Å². The fraction of sp³-hybridized carbons (Fsp3) is 0.308. The van der Waals surface area contributed by atoms with E-state index in [0.717, 1.165) is 96.7 Å². The number of rotatable bonds is 25. The maximum atomic E-state index is 11.5. The van der Waals surface area contributed by atoms with Crippen LogP contribution < -0.4 is 20.9 Å². The molecule has 0 aliphatic heterocycles. The molecule has 6 N–H and O–H groups in total. The zero-order valence-corrected chi connectivity index (χ0v) is 34.8. The highest BCUT2D eigenvalue weighted by Gasteiger charge is 2.18. The van der Waals surface area contributed by atoms with Gasteiger partial charge in [-0.15, -0.1) is 0 Å². The lowest BCUT2D eigenvalue weighted by molar-refractivity contribution is 0.105. The number of aliphatic hydroxyl groups is 2. The van der Waals surface area contributed by atoms with Gasteiger partial charge in [0.15, 0.2) is 0 Å². The van der Waals surface area contributed by atoms with Crippen molar-refractivity contribution in [3.63, 3.8) is 0 Å². The highest BCUT2D eigenvalue weighted by atomic mass is 16.5. The van der Waals surface area contributed by atoms with Crippen LogP contribution in [-0.2, 0) is 39.4 Å². The molecule has 0 spiro atoms. The Labute approximate surface area is 357 Å². The molecule has 6 aromatic carbocycles. The monoisotopic (exact) mass is 806 g/mol. The normalized spacial score (nSPS) is 12.4. The number of hydrogen-bond donors (Lipinski definition) is 4. The molecule has 8 nitrogen and oxygen atoms in total. The van der Waals surface area contributed by atoms with Gasteiger partial charge in [0.2, 0.25) is 0 Å². The maximum absolute atomic E-state index is 11.5. The number of nitrogens with zero attached hydrogens (tertiary/aromatic N) is 2. The second-order valence-electron chi connectivity index (χ2n) is 15.6. The Morgan fingerprint density at radius 3 is 1.13 bits per heavy atom. The van der Waals surface area contributed by atoms with Crippen LogP contribution in [0.15, 0.2) is 158 Å². The molecule has 0 amide bonds. The van der Waals surface area contributed by atoms with Crippen LogP contribution in [0.5, 0.6) is 11.5 Å². The number of aliphatic hydroxyl groups excluding tert-OH is 2. The Morgan fingerprint density at radius 2 is 0.783 bits per heavy atom. The Morgan fingerprint density at radius 1 is 0.433 bits per heavy atom. The second-order valence-corrected chi connectivity index (χ2v) is 15.6. The predicted octanol–water partition coefficient (Wildman–Crippen LogP) is 9.09. The first-order chi connectivity index (χ1) is 29.5. The van der Waals surface area contributed by atoms with Gasteiger partial charge in [0.1, 0.15) is 24.7 Å². The number of benzene rings is 6. The highest BCUT2D eigenvalue weighted by molar-refractivity contribution is 5.39. The molecule has 0 aromatic heterocycles. The van der Waals surface area contributed by atoms with Gasteiger partial charge in [-0.2, -0.15) is 0 Å². The first-order valence-corrected chi connectivity index (χ1v) is 21.3. The molecule has 314 valence electrons. The van der Waals surface area contributed by atoms with Crippen LogP contribution >= 0.6 is 0 Å². The van der Waals surface area contributed by atoms with Gasteiger partial charge in [0.05, 0.1) is 12.2 Å². The van der Waals surface area contributed by atoms with E-state index in [2.05, 4.69) is 58.3 Å². The van der Waals surface area contributed by atoms with E-state index in [9.17, 15) is 10.2 Å². The van der Waals surface area contributed by atoms with Crippen LogP contribution in [0, 0.1) is 0 Å². The Balaban J connectivity index is 1.02. The minimum absolute atomic E-state index is 0.327. The molecule has 0 bridgehead atoms. The third-order valence-electron chi connectivity index (χ3n) is 10.9. The van der Waals surface area contributed by atoms with E-state index < -0.39 is 12.2 Å². The minimum atomic E-state index is -0.667. The molecule has 2 unspecified atom stereocenters. The molecule has 60 heavy (non-hydrogen) atoms. The van der Waals surface area contributed by atoms with Gasteiger partial charge in [-0.3, -0.25) is 9.80 Å². The van der Waals surface area contributed by atoms with Crippen LogP contribution in [0.4, 0.5) is 0 Å². The van der Waals surface area contributed by atoms with Crippen molar-refractivity contribution in [2.75, 3.05) is 26.2 Å². The average molecular weight is 807 g/mol. The molecular weight excluding hydrogens is 745 g/mol. The number of unbranched alkanes of at least 4 members (excludes halogenated alkanes) is 3. The molecule has 0 heterocycles. The predicted molar refractivity (Wildman–Crippen MR) is 242 cm³/mol.